The molecule has 2 amide bonds. The quantitative estimate of drug-likeness (QED) is 0.267. The van der Waals surface area contributed by atoms with Crippen LogP contribution in [0.4, 0.5) is 18.0 Å². The van der Waals surface area contributed by atoms with E-state index in [0.717, 1.165) is 44.6 Å². The molecule has 2 aromatic carbocycles. The minimum atomic E-state index is -4.45. The number of aromatic nitrogens is 1. The van der Waals surface area contributed by atoms with Crippen LogP contribution in [0.5, 0.6) is 0 Å². The van der Waals surface area contributed by atoms with Crippen LogP contribution in [0.15, 0.2) is 72.9 Å². The minimum absolute atomic E-state index is 0.0872. The van der Waals surface area contributed by atoms with E-state index in [9.17, 15) is 18.0 Å². The Morgan fingerprint density at radius 1 is 0.929 bits per heavy atom. The van der Waals surface area contributed by atoms with Crippen LogP contribution in [0.1, 0.15) is 72.9 Å². The SMILES string of the molecule is CC(CCN(CCC(C)c1ccccc1)C1CCN(C(=O)N2CCc3ncc(C(F)(F)F)cc3C2)C1)c1ccccc1. The molecule has 5 nitrogen and oxygen atoms in total. The Hall–Kier alpha value is -3.39. The van der Waals surface area contributed by atoms with E-state index in [-0.39, 0.29) is 18.6 Å². The first-order valence-electron chi connectivity index (χ1n) is 15.1. The number of nitrogens with zero attached hydrogens (tertiary/aromatic N) is 4. The van der Waals surface area contributed by atoms with Gasteiger partial charge in [0.1, 0.15) is 0 Å². The van der Waals surface area contributed by atoms with Gasteiger partial charge in [-0.3, -0.25) is 9.88 Å². The number of likely N-dealkylation sites (tertiary alicyclic amines) is 1. The summed E-state index contributed by atoms with van der Waals surface area (Å²) < 4.78 is 39.8. The lowest BCUT2D eigenvalue weighted by Gasteiger charge is -2.34. The Morgan fingerprint density at radius 3 is 2.10 bits per heavy atom. The molecule has 0 radical (unpaired) electrons. The summed E-state index contributed by atoms with van der Waals surface area (Å²) in [6, 6.07) is 22.5. The lowest BCUT2D eigenvalue weighted by atomic mass is 9.95. The molecule has 3 aromatic rings. The first kappa shape index (κ1) is 30.1. The predicted molar refractivity (Wildman–Crippen MR) is 159 cm³/mol. The molecule has 3 heterocycles. The number of urea groups is 1. The normalized spacial score (nSPS) is 18.7. The smallest absolute Gasteiger partial charge is 0.323 e. The molecule has 1 saturated heterocycles. The van der Waals surface area contributed by atoms with Crippen molar-refractivity contribution in [3.05, 3.63) is 101 Å². The van der Waals surface area contributed by atoms with Gasteiger partial charge >= 0.3 is 12.2 Å². The van der Waals surface area contributed by atoms with Gasteiger partial charge in [-0.1, -0.05) is 74.5 Å². The molecule has 8 heteroatoms. The summed E-state index contributed by atoms with van der Waals surface area (Å²) in [6.45, 7) is 8.39. The molecule has 3 atom stereocenters. The Kier molecular flexibility index (Phi) is 9.51. The van der Waals surface area contributed by atoms with Crippen LogP contribution in [0, 0.1) is 0 Å². The number of fused-ring (bicyclic) bond motifs is 1. The molecule has 224 valence electrons. The van der Waals surface area contributed by atoms with Crippen molar-refractivity contribution in [2.45, 2.75) is 70.1 Å². The van der Waals surface area contributed by atoms with Crippen LogP contribution in [0.3, 0.4) is 0 Å². The van der Waals surface area contributed by atoms with Gasteiger partial charge in [0.2, 0.25) is 0 Å². The average Bonchev–Trinajstić information content (AvgIpc) is 3.50. The number of pyridine rings is 1. The Labute approximate surface area is 247 Å². The number of halogens is 3. The van der Waals surface area contributed by atoms with E-state index in [1.807, 2.05) is 17.0 Å². The molecule has 0 aliphatic carbocycles. The van der Waals surface area contributed by atoms with E-state index < -0.39 is 11.7 Å². The second kappa shape index (κ2) is 13.3. The van der Waals surface area contributed by atoms with Crippen molar-refractivity contribution in [3.8, 4) is 0 Å². The van der Waals surface area contributed by atoms with Gasteiger partial charge in [-0.2, -0.15) is 13.2 Å². The molecule has 0 spiro atoms. The summed E-state index contributed by atoms with van der Waals surface area (Å²) in [5.74, 6) is 0.867. The Morgan fingerprint density at radius 2 is 1.52 bits per heavy atom. The van der Waals surface area contributed by atoms with Gasteiger partial charge < -0.3 is 9.80 Å². The molecular formula is C34H41F3N4O. The highest BCUT2D eigenvalue weighted by atomic mass is 19.4. The molecule has 5 rings (SSSR count). The highest BCUT2D eigenvalue weighted by molar-refractivity contribution is 5.75. The van der Waals surface area contributed by atoms with Crippen molar-refractivity contribution in [1.29, 1.82) is 0 Å². The summed E-state index contributed by atoms with van der Waals surface area (Å²) in [6.07, 6.45) is -0.118. The third-order valence-electron chi connectivity index (χ3n) is 9.02. The van der Waals surface area contributed by atoms with E-state index in [1.165, 1.54) is 11.1 Å². The van der Waals surface area contributed by atoms with Gasteiger partial charge in [-0.15, -0.1) is 0 Å². The standard InChI is InChI=1S/C34H41F3N4O/c1-25(27-9-5-3-6-10-27)13-17-39(18-14-26(2)28-11-7-4-8-12-28)31-15-19-41(24-31)33(42)40-20-16-32-29(23-40)21-30(22-38-32)34(35,36)37/h3-12,21-22,25-26,31H,13-20,23-24H2,1-2H3. The average molecular weight is 579 g/mol. The fourth-order valence-electron chi connectivity index (χ4n) is 6.25. The fourth-order valence-corrected chi connectivity index (χ4v) is 6.25. The van der Waals surface area contributed by atoms with E-state index in [0.29, 0.717) is 49.1 Å². The molecular weight excluding hydrogens is 537 g/mol. The Bertz CT molecular complexity index is 1270. The van der Waals surface area contributed by atoms with E-state index in [2.05, 4.69) is 72.3 Å². The van der Waals surface area contributed by atoms with E-state index in [4.69, 9.17) is 0 Å². The van der Waals surface area contributed by atoms with Crippen LogP contribution >= 0.6 is 0 Å². The topological polar surface area (TPSA) is 39.7 Å². The Balaban J connectivity index is 1.23. The lowest BCUT2D eigenvalue weighted by Crippen LogP contribution is -2.46. The molecule has 1 aromatic heterocycles. The molecule has 42 heavy (non-hydrogen) atoms. The molecule has 1 fully saturated rings. The third kappa shape index (κ3) is 7.33. The molecule has 3 unspecified atom stereocenters. The second-order valence-electron chi connectivity index (χ2n) is 11.9. The zero-order chi connectivity index (χ0) is 29.7. The van der Waals surface area contributed by atoms with Gasteiger partial charge in [-0.25, -0.2) is 4.79 Å². The summed E-state index contributed by atoms with van der Waals surface area (Å²) in [4.78, 5) is 23.7. The molecule has 0 bridgehead atoms. The maximum absolute atomic E-state index is 13.6. The number of benzene rings is 2. The number of hydrogen-bond donors (Lipinski definition) is 0. The summed E-state index contributed by atoms with van der Waals surface area (Å²) in [5, 5.41) is 0. The van der Waals surface area contributed by atoms with Crippen molar-refractivity contribution in [1.82, 2.24) is 19.7 Å². The number of alkyl halides is 3. The zero-order valence-electron chi connectivity index (χ0n) is 24.6. The van der Waals surface area contributed by atoms with Crippen molar-refractivity contribution < 1.29 is 18.0 Å². The summed E-state index contributed by atoms with van der Waals surface area (Å²) in [5.41, 5.74) is 3.06. The highest BCUT2D eigenvalue weighted by Gasteiger charge is 2.36. The van der Waals surface area contributed by atoms with Gasteiger partial charge in [0.15, 0.2) is 0 Å². The van der Waals surface area contributed by atoms with Gasteiger partial charge in [0.05, 0.1) is 5.56 Å². The van der Waals surface area contributed by atoms with Crippen molar-refractivity contribution in [2.24, 2.45) is 0 Å². The summed E-state index contributed by atoms with van der Waals surface area (Å²) >= 11 is 0. The number of amides is 2. The van der Waals surface area contributed by atoms with Crippen LogP contribution in [-0.2, 0) is 19.1 Å². The minimum Gasteiger partial charge on any atom is -0.323 e. The van der Waals surface area contributed by atoms with Crippen molar-refractivity contribution in [3.63, 3.8) is 0 Å². The maximum Gasteiger partial charge on any atom is 0.417 e. The number of rotatable bonds is 9. The monoisotopic (exact) mass is 578 g/mol. The largest absolute Gasteiger partial charge is 0.417 e. The van der Waals surface area contributed by atoms with Crippen molar-refractivity contribution >= 4 is 6.03 Å². The number of carbonyl (C=O) groups is 1. The van der Waals surface area contributed by atoms with E-state index >= 15 is 0 Å². The van der Waals surface area contributed by atoms with Crippen molar-refractivity contribution in [2.75, 3.05) is 32.7 Å². The third-order valence-corrected chi connectivity index (χ3v) is 9.02. The van der Waals surface area contributed by atoms with Crippen LogP contribution in [-0.4, -0.2) is 64.5 Å². The predicted octanol–water partition coefficient (Wildman–Crippen LogP) is 7.34. The van der Waals surface area contributed by atoms with Gasteiger partial charge in [-0.05, 0) is 66.9 Å². The van der Waals surface area contributed by atoms with Crippen LogP contribution in [0.2, 0.25) is 0 Å². The van der Waals surface area contributed by atoms with Gasteiger partial charge in [0.25, 0.3) is 0 Å². The fraction of sp³-hybridized carbons (Fsp3) is 0.471. The number of hydrogen-bond acceptors (Lipinski definition) is 3. The molecule has 0 N–H and O–H groups in total. The zero-order valence-corrected chi connectivity index (χ0v) is 24.6. The van der Waals surface area contributed by atoms with Gasteiger partial charge in [0, 0.05) is 50.5 Å². The van der Waals surface area contributed by atoms with Crippen LogP contribution < -0.4 is 0 Å². The lowest BCUT2D eigenvalue weighted by molar-refractivity contribution is -0.137. The number of carbonyl (C=O) groups excluding carboxylic acids is 1. The summed E-state index contributed by atoms with van der Waals surface area (Å²) in [7, 11) is 0. The van der Waals surface area contributed by atoms with Crippen LogP contribution in [0.25, 0.3) is 0 Å². The molecule has 2 aliphatic rings. The molecule has 2 aliphatic heterocycles. The second-order valence-corrected chi connectivity index (χ2v) is 11.9. The highest BCUT2D eigenvalue weighted by Crippen LogP contribution is 2.32. The molecule has 0 saturated carbocycles. The first-order chi connectivity index (χ1) is 20.2. The maximum atomic E-state index is 13.6. The first-order valence-corrected chi connectivity index (χ1v) is 15.1. The van der Waals surface area contributed by atoms with E-state index in [1.54, 1.807) is 4.90 Å².